The van der Waals surface area contributed by atoms with E-state index in [9.17, 15) is 20.1 Å². The molecule has 0 aromatic rings. The third-order valence-electron chi connectivity index (χ3n) is 17.4. The Morgan fingerprint density at radius 2 is 1.42 bits per heavy atom. The first-order valence-electron chi connectivity index (χ1n) is 25.5. The Kier molecular flexibility index (Phi) is 19.6. The molecule has 342 valence electrons. The van der Waals surface area contributed by atoms with Crippen LogP contribution in [0, 0.1) is 52.3 Å². The Bertz CT molecular complexity index is 1270. The standard InChI is InChI=1S/C52H92O7/c1-8-10-11-12-13-14-15-16-17-18-19-20-21-22-23-46(53)57-35-45-47(54)48(55)49(56)50(59-45)58-40-30-32-51(6)39(34-40)26-27-41-43-29-28-42(52(43,7)33-31-44(41)51)37(5)24-25-38(9-2)36(3)4/h26,36-38,40-45,47-50,54-56H,8-25,27-35H2,1-7H3. The summed E-state index contributed by atoms with van der Waals surface area (Å²) in [5.41, 5.74) is 2.13. The molecule has 0 aromatic heterocycles. The highest BCUT2D eigenvalue weighted by atomic mass is 16.7. The molecule has 1 aliphatic heterocycles. The van der Waals surface area contributed by atoms with Crippen molar-refractivity contribution in [2.75, 3.05) is 6.61 Å². The quantitative estimate of drug-likeness (QED) is 0.0478. The van der Waals surface area contributed by atoms with Crippen molar-refractivity contribution in [3.63, 3.8) is 0 Å². The lowest BCUT2D eigenvalue weighted by molar-refractivity contribution is -0.313. The van der Waals surface area contributed by atoms with Gasteiger partial charge < -0.3 is 29.5 Å². The third-order valence-corrected chi connectivity index (χ3v) is 17.4. The van der Waals surface area contributed by atoms with E-state index in [1.54, 1.807) is 0 Å². The Labute approximate surface area is 362 Å². The van der Waals surface area contributed by atoms with Crippen molar-refractivity contribution < 1.29 is 34.3 Å². The van der Waals surface area contributed by atoms with Crippen molar-refractivity contribution >= 4 is 5.97 Å². The maximum Gasteiger partial charge on any atom is 0.305 e. The fourth-order valence-electron chi connectivity index (χ4n) is 13.5. The molecule has 0 spiro atoms. The van der Waals surface area contributed by atoms with Gasteiger partial charge in [0.15, 0.2) is 6.29 Å². The van der Waals surface area contributed by atoms with Crippen LogP contribution in [0.15, 0.2) is 11.6 Å². The van der Waals surface area contributed by atoms with Crippen LogP contribution in [0.1, 0.15) is 215 Å². The Morgan fingerprint density at radius 1 is 0.780 bits per heavy atom. The molecule has 0 radical (unpaired) electrons. The summed E-state index contributed by atoms with van der Waals surface area (Å²) in [7, 11) is 0. The number of aliphatic hydroxyl groups excluding tert-OH is 3. The first-order chi connectivity index (χ1) is 28.3. The Balaban J connectivity index is 1.03. The van der Waals surface area contributed by atoms with E-state index in [-0.39, 0.29) is 24.1 Å². The summed E-state index contributed by atoms with van der Waals surface area (Å²) >= 11 is 0. The van der Waals surface area contributed by atoms with Gasteiger partial charge in [-0.1, -0.05) is 156 Å². The summed E-state index contributed by atoms with van der Waals surface area (Å²) < 4.78 is 18.0. The molecule has 7 heteroatoms. The Morgan fingerprint density at radius 3 is 2.05 bits per heavy atom. The predicted octanol–water partition coefficient (Wildman–Crippen LogP) is 12.3. The van der Waals surface area contributed by atoms with E-state index < -0.39 is 30.7 Å². The number of carbonyl (C=O) groups is 1. The molecule has 0 amide bonds. The first-order valence-corrected chi connectivity index (χ1v) is 25.5. The summed E-state index contributed by atoms with van der Waals surface area (Å²) in [5, 5.41) is 32.5. The number of ether oxygens (including phenoxy) is 3. The normalized spacial score (nSPS) is 36.7. The molecular weight excluding hydrogens is 737 g/mol. The van der Waals surface area contributed by atoms with E-state index in [0.717, 1.165) is 80.5 Å². The van der Waals surface area contributed by atoms with Crippen LogP contribution in [0.5, 0.6) is 0 Å². The van der Waals surface area contributed by atoms with Gasteiger partial charge in [-0.25, -0.2) is 0 Å². The van der Waals surface area contributed by atoms with Crippen molar-refractivity contribution in [1.29, 1.82) is 0 Å². The molecule has 59 heavy (non-hydrogen) atoms. The Hall–Kier alpha value is -0.990. The van der Waals surface area contributed by atoms with Gasteiger partial charge in [0.05, 0.1) is 6.10 Å². The highest BCUT2D eigenvalue weighted by Crippen LogP contribution is 2.67. The predicted molar refractivity (Wildman–Crippen MR) is 240 cm³/mol. The number of aliphatic hydroxyl groups is 3. The number of hydrogen-bond donors (Lipinski definition) is 3. The lowest BCUT2D eigenvalue weighted by atomic mass is 9.47. The number of esters is 1. The van der Waals surface area contributed by atoms with Gasteiger partial charge in [-0.15, -0.1) is 0 Å². The van der Waals surface area contributed by atoms with Gasteiger partial charge >= 0.3 is 5.97 Å². The lowest BCUT2D eigenvalue weighted by Gasteiger charge is -2.58. The topological polar surface area (TPSA) is 105 Å². The SMILES string of the molecule is CCCCCCCCCCCCCCCCC(=O)OCC1OC(OC2CCC3(C)C(=CCC4C3CCC3(C)C(C(C)CCC(CC)C(C)C)CCC43)C2)C(O)C(O)C1O. The van der Waals surface area contributed by atoms with Crippen LogP contribution in [0.2, 0.25) is 0 Å². The van der Waals surface area contributed by atoms with E-state index in [0.29, 0.717) is 17.8 Å². The second kappa shape index (κ2) is 23.6. The number of rotatable bonds is 25. The number of allylic oxidation sites excluding steroid dienone is 1. The molecule has 1 saturated heterocycles. The molecule has 14 unspecified atom stereocenters. The van der Waals surface area contributed by atoms with Crippen molar-refractivity contribution in [3.05, 3.63) is 11.6 Å². The van der Waals surface area contributed by atoms with Crippen LogP contribution in [-0.4, -0.2) is 64.7 Å². The van der Waals surface area contributed by atoms with Gasteiger partial charge in [0.25, 0.3) is 0 Å². The zero-order chi connectivity index (χ0) is 42.6. The van der Waals surface area contributed by atoms with Gasteiger partial charge in [-0.05, 0) is 116 Å². The van der Waals surface area contributed by atoms with Crippen LogP contribution >= 0.6 is 0 Å². The van der Waals surface area contributed by atoms with Gasteiger partial charge in [-0.2, -0.15) is 0 Å². The van der Waals surface area contributed by atoms with Crippen LogP contribution in [0.25, 0.3) is 0 Å². The van der Waals surface area contributed by atoms with E-state index in [1.807, 2.05) is 0 Å². The third kappa shape index (κ3) is 12.6. The average molecular weight is 829 g/mol. The summed E-state index contributed by atoms with van der Waals surface area (Å²) in [4.78, 5) is 12.6. The molecule has 14 atom stereocenters. The van der Waals surface area contributed by atoms with Crippen LogP contribution in [-0.2, 0) is 19.0 Å². The lowest BCUT2D eigenvalue weighted by Crippen LogP contribution is -2.60. The molecule has 7 nitrogen and oxygen atoms in total. The zero-order valence-electron chi connectivity index (χ0n) is 39.1. The van der Waals surface area contributed by atoms with Gasteiger partial charge in [0.1, 0.15) is 31.0 Å². The highest BCUT2D eigenvalue weighted by molar-refractivity contribution is 5.69. The number of fused-ring (bicyclic) bond motifs is 5. The summed E-state index contributed by atoms with van der Waals surface area (Å²) in [6, 6.07) is 0. The second-order valence-corrected chi connectivity index (χ2v) is 21.5. The second-order valence-electron chi connectivity index (χ2n) is 21.5. The molecule has 3 saturated carbocycles. The first kappa shape index (κ1) is 49.0. The number of hydrogen-bond acceptors (Lipinski definition) is 7. The molecule has 5 rings (SSSR count). The summed E-state index contributed by atoms with van der Waals surface area (Å²) in [6.07, 6.45) is 27.6. The molecule has 1 heterocycles. The molecule has 0 bridgehead atoms. The van der Waals surface area contributed by atoms with E-state index >= 15 is 0 Å². The molecule has 3 N–H and O–H groups in total. The van der Waals surface area contributed by atoms with Gasteiger partial charge in [0, 0.05) is 6.42 Å². The highest BCUT2D eigenvalue weighted by Gasteiger charge is 2.59. The van der Waals surface area contributed by atoms with Crippen molar-refractivity contribution in [2.45, 2.75) is 252 Å². The van der Waals surface area contributed by atoms with Crippen LogP contribution < -0.4 is 0 Å². The minimum absolute atomic E-state index is 0.139. The fourth-order valence-corrected chi connectivity index (χ4v) is 13.5. The zero-order valence-corrected chi connectivity index (χ0v) is 39.1. The van der Waals surface area contributed by atoms with Crippen LogP contribution in [0.4, 0.5) is 0 Å². The van der Waals surface area contributed by atoms with Gasteiger partial charge in [0.2, 0.25) is 0 Å². The maximum absolute atomic E-state index is 12.6. The maximum atomic E-state index is 12.6. The molecule has 5 aliphatic rings. The van der Waals surface area contributed by atoms with E-state index in [1.165, 1.54) is 121 Å². The van der Waals surface area contributed by atoms with E-state index in [4.69, 9.17) is 14.2 Å². The molecule has 4 aliphatic carbocycles. The molecule has 0 aromatic carbocycles. The van der Waals surface area contributed by atoms with Crippen molar-refractivity contribution in [2.24, 2.45) is 52.3 Å². The van der Waals surface area contributed by atoms with Crippen molar-refractivity contribution in [1.82, 2.24) is 0 Å². The minimum Gasteiger partial charge on any atom is -0.463 e. The largest absolute Gasteiger partial charge is 0.463 e. The minimum atomic E-state index is -1.44. The monoisotopic (exact) mass is 829 g/mol. The number of unbranched alkanes of at least 4 members (excludes halogenated alkanes) is 13. The summed E-state index contributed by atoms with van der Waals surface area (Å²) in [5.74, 6) is 5.24. The number of carbonyl (C=O) groups excluding carboxylic acids is 1. The summed E-state index contributed by atoms with van der Waals surface area (Å²) in [6.45, 7) is 17.0. The smallest absolute Gasteiger partial charge is 0.305 e. The molecular formula is C52H92O7. The molecule has 4 fully saturated rings. The van der Waals surface area contributed by atoms with E-state index in [2.05, 4.69) is 54.5 Å². The fraction of sp³-hybridized carbons (Fsp3) is 0.942. The van der Waals surface area contributed by atoms with Crippen molar-refractivity contribution in [3.8, 4) is 0 Å². The average Bonchev–Trinajstić information content (AvgIpc) is 3.58. The van der Waals surface area contributed by atoms with Crippen LogP contribution in [0.3, 0.4) is 0 Å². The van der Waals surface area contributed by atoms with Gasteiger partial charge in [-0.3, -0.25) is 4.79 Å².